The fraction of sp³-hybridized carbons (Fsp3) is 0.0588. The molecule has 2 nitrogen and oxygen atoms in total. The second kappa shape index (κ2) is 4.12. The zero-order valence-electron chi connectivity index (χ0n) is 10.9. The second-order valence-corrected chi connectivity index (χ2v) is 5.94. The van der Waals surface area contributed by atoms with Gasteiger partial charge in [-0.1, -0.05) is 36.4 Å². The van der Waals surface area contributed by atoms with Crippen LogP contribution in [0, 0.1) is 6.92 Å². The van der Waals surface area contributed by atoms with Gasteiger partial charge < -0.3 is 0 Å². The van der Waals surface area contributed by atoms with Crippen LogP contribution in [-0.4, -0.2) is 4.98 Å². The van der Waals surface area contributed by atoms with E-state index in [1.54, 1.807) is 11.3 Å². The molecule has 4 rings (SSSR count). The molecule has 0 N–H and O–H groups in total. The normalized spacial score (nSPS) is 11.4. The minimum absolute atomic E-state index is 0.119. The molecule has 0 aliphatic carbocycles. The Kier molecular flexibility index (Phi) is 2.38. The van der Waals surface area contributed by atoms with Crippen molar-refractivity contribution in [3.8, 4) is 11.3 Å². The lowest BCUT2D eigenvalue weighted by Gasteiger charge is -1.99. The highest BCUT2D eigenvalue weighted by atomic mass is 32.1. The van der Waals surface area contributed by atoms with E-state index >= 15 is 0 Å². The van der Waals surface area contributed by atoms with E-state index in [1.807, 2.05) is 37.3 Å². The number of fused-ring (bicyclic) bond motifs is 5. The number of nitrogens with zero attached hydrogens (tertiary/aromatic N) is 1. The smallest absolute Gasteiger partial charge is 0.267 e. The summed E-state index contributed by atoms with van der Waals surface area (Å²) >= 11 is 1.74. The van der Waals surface area contributed by atoms with Crippen molar-refractivity contribution in [3.63, 3.8) is 0 Å². The maximum atomic E-state index is 12.0. The largest absolute Gasteiger partial charge is 0.273 e. The first-order chi connectivity index (χ1) is 9.75. The van der Waals surface area contributed by atoms with Crippen molar-refractivity contribution >= 4 is 31.5 Å². The molecule has 0 amide bonds. The van der Waals surface area contributed by atoms with E-state index in [1.165, 1.54) is 4.70 Å². The Morgan fingerprint density at radius 2 is 1.50 bits per heavy atom. The van der Waals surface area contributed by atoms with Gasteiger partial charge in [-0.2, -0.15) is 0 Å². The minimum atomic E-state index is -0.119. The first kappa shape index (κ1) is 11.6. The molecule has 0 fully saturated rings. The zero-order valence-corrected chi connectivity index (χ0v) is 11.7. The molecule has 2 heterocycles. The van der Waals surface area contributed by atoms with E-state index in [4.69, 9.17) is 0 Å². The lowest BCUT2D eigenvalue weighted by Crippen LogP contribution is -1.99. The van der Waals surface area contributed by atoms with Crippen molar-refractivity contribution in [2.75, 3.05) is 0 Å². The Morgan fingerprint density at radius 1 is 0.900 bits per heavy atom. The maximum absolute atomic E-state index is 12.0. The monoisotopic (exact) mass is 277 g/mol. The van der Waals surface area contributed by atoms with Gasteiger partial charge in [0, 0.05) is 31.3 Å². The molecule has 3 heteroatoms. The molecular formula is C17H11NOS. The predicted octanol–water partition coefficient (Wildman–Crippen LogP) is 4.22. The molecule has 2 aliphatic heterocycles. The molecule has 96 valence electrons. The van der Waals surface area contributed by atoms with Gasteiger partial charge in [0.05, 0.1) is 5.69 Å². The summed E-state index contributed by atoms with van der Waals surface area (Å²) < 4.78 is 2.32. The highest BCUT2D eigenvalue weighted by molar-refractivity contribution is 7.24. The molecule has 20 heavy (non-hydrogen) atoms. The third kappa shape index (κ3) is 1.50. The lowest BCUT2D eigenvalue weighted by molar-refractivity contribution is 1.30. The fourth-order valence-corrected chi connectivity index (χ4v) is 3.77. The van der Waals surface area contributed by atoms with E-state index in [2.05, 4.69) is 23.2 Å². The molecule has 0 saturated carbocycles. The average molecular weight is 277 g/mol. The van der Waals surface area contributed by atoms with Gasteiger partial charge in [0.15, 0.2) is 0 Å². The lowest BCUT2D eigenvalue weighted by atomic mass is 10.0. The van der Waals surface area contributed by atoms with Crippen molar-refractivity contribution in [1.82, 2.24) is 4.98 Å². The SMILES string of the molecule is Cc1c2c3ccccc3sc3ccccc3c-2nc1=O. The standard InChI is InChI=1S/C17H11NOS/c1-10-15-11-6-2-4-8-13(11)20-14-9-5-3-7-12(14)16(15)18-17(10)19/h2-9H,1H3. The number of hydrogen-bond acceptors (Lipinski definition) is 3. The second-order valence-electron chi connectivity index (χ2n) is 4.86. The maximum Gasteiger partial charge on any atom is 0.273 e. The van der Waals surface area contributed by atoms with E-state index in [-0.39, 0.29) is 5.56 Å². The summed E-state index contributed by atoms with van der Waals surface area (Å²) in [5, 5.41) is 2.16. The topological polar surface area (TPSA) is 30.0 Å². The van der Waals surface area contributed by atoms with E-state index in [9.17, 15) is 4.79 Å². The van der Waals surface area contributed by atoms with Crippen LogP contribution in [-0.2, 0) is 0 Å². The first-order valence-electron chi connectivity index (χ1n) is 6.46. The van der Waals surface area contributed by atoms with Crippen molar-refractivity contribution in [3.05, 3.63) is 64.4 Å². The Balaban J connectivity index is 2.41. The predicted molar refractivity (Wildman–Crippen MR) is 84.8 cm³/mol. The Labute approximate surface area is 119 Å². The van der Waals surface area contributed by atoms with Crippen LogP contribution >= 0.6 is 11.3 Å². The van der Waals surface area contributed by atoms with Gasteiger partial charge in [-0.05, 0) is 19.1 Å². The molecule has 0 aromatic heterocycles. The van der Waals surface area contributed by atoms with E-state index in [0.29, 0.717) is 0 Å². The quantitative estimate of drug-likeness (QED) is 0.481. The van der Waals surface area contributed by atoms with E-state index in [0.717, 1.165) is 32.3 Å². The van der Waals surface area contributed by atoms with Crippen molar-refractivity contribution in [2.24, 2.45) is 0 Å². The molecule has 2 aliphatic rings. The third-order valence-corrected chi connectivity index (χ3v) is 4.82. The molecular weight excluding hydrogens is 266 g/mol. The van der Waals surface area contributed by atoms with Crippen molar-refractivity contribution in [1.29, 1.82) is 0 Å². The van der Waals surface area contributed by atoms with Gasteiger partial charge in [0.2, 0.25) is 0 Å². The molecule has 0 saturated heterocycles. The number of benzene rings is 2. The van der Waals surface area contributed by atoms with Crippen LogP contribution in [0.3, 0.4) is 0 Å². The molecule has 2 aromatic carbocycles. The Hall–Kier alpha value is -2.26. The summed E-state index contributed by atoms with van der Waals surface area (Å²) in [6.45, 7) is 1.86. The van der Waals surface area contributed by atoms with Crippen LogP contribution in [0.4, 0.5) is 0 Å². The van der Waals surface area contributed by atoms with Gasteiger partial charge in [-0.15, -0.1) is 11.3 Å². The van der Waals surface area contributed by atoms with Gasteiger partial charge in [0.1, 0.15) is 0 Å². The van der Waals surface area contributed by atoms with Gasteiger partial charge in [0.25, 0.3) is 5.56 Å². The molecule has 0 radical (unpaired) electrons. The summed E-state index contributed by atoms with van der Waals surface area (Å²) in [6.07, 6.45) is 0. The highest BCUT2D eigenvalue weighted by Gasteiger charge is 2.18. The van der Waals surface area contributed by atoms with Gasteiger partial charge in [-0.3, -0.25) is 4.79 Å². The highest BCUT2D eigenvalue weighted by Crippen LogP contribution is 2.38. The summed E-state index contributed by atoms with van der Waals surface area (Å²) in [4.78, 5) is 16.3. The Bertz CT molecular complexity index is 987. The Morgan fingerprint density at radius 3 is 2.25 bits per heavy atom. The van der Waals surface area contributed by atoms with Crippen LogP contribution < -0.4 is 5.56 Å². The third-order valence-electron chi connectivity index (χ3n) is 3.66. The van der Waals surface area contributed by atoms with Crippen molar-refractivity contribution < 1.29 is 0 Å². The molecule has 2 aromatic rings. The molecule has 0 spiro atoms. The summed E-state index contributed by atoms with van der Waals surface area (Å²) in [5.74, 6) is 0. The molecule has 0 atom stereocenters. The number of aromatic nitrogens is 1. The van der Waals surface area contributed by atoms with E-state index < -0.39 is 0 Å². The van der Waals surface area contributed by atoms with Crippen LogP contribution in [0.5, 0.6) is 0 Å². The average Bonchev–Trinajstić information content (AvgIpc) is 2.68. The van der Waals surface area contributed by atoms with Crippen LogP contribution in [0.1, 0.15) is 5.56 Å². The van der Waals surface area contributed by atoms with Gasteiger partial charge >= 0.3 is 0 Å². The number of rotatable bonds is 0. The van der Waals surface area contributed by atoms with Gasteiger partial charge in [-0.25, -0.2) is 4.98 Å². The number of hydrogen-bond donors (Lipinski definition) is 0. The minimum Gasteiger partial charge on any atom is -0.267 e. The summed E-state index contributed by atoms with van der Waals surface area (Å²) in [5.41, 5.74) is 2.43. The summed E-state index contributed by atoms with van der Waals surface area (Å²) in [7, 11) is 0. The molecule has 0 bridgehead atoms. The van der Waals surface area contributed by atoms with Crippen LogP contribution in [0.25, 0.3) is 31.4 Å². The zero-order chi connectivity index (χ0) is 13.7. The van der Waals surface area contributed by atoms with Crippen molar-refractivity contribution in [2.45, 2.75) is 6.92 Å². The fourth-order valence-electron chi connectivity index (χ4n) is 2.68. The first-order valence-corrected chi connectivity index (χ1v) is 7.28. The molecule has 0 unspecified atom stereocenters. The van der Waals surface area contributed by atoms with Crippen LogP contribution in [0.15, 0.2) is 53.3 Å². The van der Waals surface area contributed by atoms with Crippen LogP contribution in [0.2, 0.25) is 0 Å². The summed E-state index contributed by atoms with van der Waals surface area (Å²) in [6, 6.07) is 16.4.